The average Bonchev–Trinajstić information content (AvgIpc) is 1.94. The van der Waals surface area contributed by atoms with Crippen LogP contribution in [0.4, 0.5) is 4.39 Å². The standard InChI is InChI=1S/C9H13BrFNSi/c1-6-5-7(13(2,3)4)8(11)9(10)12-6/h5H,1-4H3. The summed E-state index contributed by atoms with van der Waals surface area (Å²) in [7, 11) is -1.59. The van der Waals surface area contributed by atoms with Crippen LogP contribution >= 0.6 is 15.9 Å². The van der Waals surface area contributed by atoms with E-state index in [-0.39, 0.29) is 5.82 Å². The van der Waals surface area contributed by atoms with Crippen LogP contribution < -0.4 is 5.19 Å². The molecule has 72 valence electrons. The maximum atomic E-state index is 13.6. The Kier molecular flexibility index (Phi) is 2.92. The normalized spacial score (nSPS) is 11.8. The fourth-order valence-electron chi connectivity index (χ4n) is 1.17. The first-order valence-electron chi connectivity index (χ1n) is 4.15. The van der Waals surface area contributed by atoms with Gasteiger partial charge in [0, 0.05) is 5.69 Å². The summed E-state index contributed by atoms with van der Waals surface area (Å²) in [5.41, 5.74) is 0.866. The van der Waals surface area contributed by atoms with Gasteiger partial charge in [0.25, 0.3) is 0 Å². The van der Waals surface area contributed by atoms with Gasteiger partial charge in [0.05, 0.1) is 8.07 Å². The van der Waals surface area contributed by atoms with Gasteiger partial charge in [-0.1, -0.05) is 19.6 Å². The largest absolute Gasteiger partial charge is 0.243 e. The molecule has 0 atom stereocenters. The minimum Gasteiger partial charge on any atom is -0.243 e. The summed E-state index contributed by atoms with van der Waals surface area (Å²) in [5, 5.41) is 0.840. The fourth-order valence-corrected chi connectivity index (χ4v) is 3.26. The van der Waals surface area contributed by atoms with E-state index in [1.165, 1.54) is 0 Å². The van der Waals surface area contributed by atoms with Gasteiger partial charge in [0.1, 0.15) is 4.60 Å². The van der Waals surface area contributed by atoms with Crippen molar-refractivity contribution >= 4 is 29.2 Å². The van der Waals surface area contributed by atoms with E-state index in [0.717, 1.165) is 10.9 Å². The Morgan fingerprint density at radius 2 is 1.92 bits per heavy atom. The smallest absolute Gasteiger partial charge is 0.155 e. The second kappa shape index (κ2) is 3.50. The lowest BCUT2D eigenvalue weighted by Crippen LogP contribution is -2.40. The highest BCUT2D eigenvalue weighted by Crippen LogP contribution is 2.14. The molecule has 1 rings (SSSR count). The van der Waals surface area contributed by atoms with Crippen LogP contribution in [0.1, 0.15) is 5.69 Å². The third-order valence-electron chi connectivity index (χ3n) is 1.85. The highest BCUT2D eigenvalue weighted by Gasteiger charge is 2.23. The molecule has 0 saturated carbocycles. The number of hydrogen-bond donors (Lipinski definition) is 0. The Bertz CT molecular complexity index is 333. The molecule has 1 aromatic rings. The molecule has 0 bridgehead atoms. The van der Waals surface area contributed by atoms with Crippen LogP contribution in [0.5, 0.6) is 0 Å². The van der Waals surface area contributed by atoms with Crippen LogP contribution in [0, 0.1) is 12.7 Å². The predicted molar refractivity (Wildman–Crippen MR) is 59.6 cm³/mol. The molecule has 0 aliphatic rings. The molecule has 0 aromatic carbocycles. The summed E-state index contributed by atoms with van der Waals surface area (Å²) in [6.45, 7) is 8.25. The van der Waals surface area contributed by atoms with E-state index in [9.17, 15) is 4.39 Å². The third kappa shape index (κ3) is 2.37. The zero-order valence-corrected chi connectivity index (χ0v) is 10.9. The number of halogens is 2. The highest BCUT2D eigenvalue weighted by molar-refractivity contribution is 9.10. The van der Waals surface area contributed by atoms with Crippen molar-refractivity contribution in [2.24, 2.45) is 0 Å². The van der Waals surface area contributed by atoms with Gasteiger partial charge in [-0.2, -0.15) is 0 Å². The van der Waals surface area contributed by atoms with Crippen molar-refractivity contribution in [3.63, 3.8) is 0 Å². The summed E-state index contributed by atoms with van der Waals surface area (Å²) < 4.78 is 13.9. The van der Waals surface area contributed by atoms with Gasteiger partial charge >= 0.3 is 0 Å². The van der Waals surface area contributed by atoms with Crippen LogP contribution in [0.3, 0.4) is 0 Å². The molecule has 0 N–H and O–H groups in total. The summed E-state index contributed by atoms with van der Waals surface area (Å²) >= 11 is 3.13. The Balaban J connectivity index is 3.37. The van der Waals surface area contributed by atoms with Crippen LogP contribution in [0.2, 0.25) is 19.6 Å². The topological polar surface area (TPSA) is 12.9 Å². The number of aromatic nitrogens is 1. The molecule has 0 radical (unpaired) electrons. The molecule has 0 fully saturated rings. The Morgan fingerprint density at radius 3 is 2.38 bits per heavy atom. The fraction of sp³-hybridized carbons (Fsp3) is 0.444. The Labute approximate surface area is 87.5 Å². The molecule has 13 heavy (non-hydrogen) atoms. The predicted octanol–water partition coefficient (Wildman–Crippen LogP) is 2.84. The molecule has 0 spiro atoms. The minimum atomic E-state index is -1.59. The van der Waals surface area contributed by atoms with Gasteiger partial charge in [-0.3, -0.25) is 0 Å². The van der Waals surface area contributed by atoms with Crippen LogP contribution in [-0.2, 0) is 0 Å². The number of pyridine rings is 1. The van der Waals surface area contributed by atoms with Gasteiger partial charge in [-0.25, -0.2) is 9.37 Å². The lowest BCUT2D eigenvalue weighted by molar-refractivity contribution is 0.619. The maximum Gasteiger partial charge on any atom is 0.155 e. The average molecular weight is 262 g/mol. The Morgan fingerprint density at radius 1 is 1.38 bits per heavy atom. The number of hydrogen-bond acceptors (Lipinski definition) is 1. The van der Waals surface area contributed by atoms with E-state index in [4.69, 9.17) is 0 Å². The van der Waals surface area contributed by atoms with E-state index >= 15 is 0 Å². The van der Waals surface area contributed by atoms with Gasteiger partial charge < -0.3 is 0 Å². The van der Waals surface area contributed by atoms with Crippen molar-refractivity contribution in [1.29, 1.82) is 0 Å². The first-order valence-corrected chi connectivity index (χ1v) is 8.45. The summed E-state index contributed by atoms with van der Waals surface area (Å²) in [5.74, 6) is -0.190. The number of nitrogens with zero attached hydrogens (tertiary/aromatic N) is 1. The first kappa shape index (κ1) is 10.9. The van der Waals surface area contributed by atoms with Crippen molar-refractivity contribution in [2.45, 2.75) is 26.6 Å². The van der Waals surface area contributed by atoms with Crippen molar-refractivity contribution in [2.75, 3.05) is 0 Å². The zero-order chi connectivity index (χ0) is 10.2. The molecule has 1 aromatic heterocycles. The SMILES string of the molecule is Cc1cc([Si](C)(C)C)c(F)c(Br)n1. The number of aryl methyl sites for hydroxylation is 1. The monoisotopic (exact) mass is 261 g/mol. The highest BCUT2D eigenvalue weighted by atomic mass is 79.9. The summed E-state index contributed by atoms with van der Waals surface area (Å²) in [4.78, 5) is 4.01. The molecule has 1 heterocycles. The van der Waals surface area contributed by atoms with Crippen molar-refractivity contribution < 1.29 is 4.39 Å². The van der Waals surface area contributed by atoms with Crippen molar-refractivity contribution in [1.82, 2.24) is 4.98 Å². The molecule has 4 heteroatoms. The van der Waals surface area contributed by atoms with E-state index in [0.29, 0.717) is 4.60 Å². The zero-order valence-electron chi connectivity index (χ0n) is 8.28. The lowest BCUT2D eigenvalue weighted by Gasteiger charge is -2.18. The Hall–Kier alpha value is -0.223. The molecule has 1 nitrogen and oxygen atoms in total. The number of rotatable bonds is 1. The first-order chi connectivity index (χ1) is 5.82. The van der Waals surface area contributed by atoms with Gasteiger partial charge in [0.15, 0.2) is 5.82 Å². The van der Waals surface area contributed by atoms with Crippen LogP contribution in [0.25, 0.3) is 0 Å². The second-order valence-corrected chi connectivity index (χ2v) is 9.96. The maximum absolute atomic E-state index is 13.6. The van der Waals surface area contributed by atoms with E-state index in [1.54, 1.807) is 0 Å². The molecule has 0 amide bonds. The summed E-state index contributed by atoms with van der Waals surface area (Å²) in [6, 6.07) is 1.85. The second-order valence-electron chi connectivity index (χ2n) is 4.17. The molecular formula is C9H13BrFNSi. The molecule has 0 saturated heterocycles. The third-order valence-corrected chi connectivity index (χ3v) is 4.36. The van der Waals surface area contributed by atoms with Crippen molar-refractivity contribution in [3.8, 4) is 0 Å². The van der Waals surface area contributed by atoms with E-state index in [2.05, 4.69) is 40.6 Å². The van der Waals surface area contributed by atoms with Gasteiger partial charge in [0.2, 0.25) is 0 Å². The molecule has 0 unspecified atom stereocenters. The molecular weight excluding hydrogens is 249 g/mol. The molecule has 0 aliphatic heterocycles. The van der Waals surface area contributed by atoms with Crippen LogP contribution in [0.15, 0.2) is 10.7 Å². The van der Waals surface area contributed by atoms with E-state index < -0.39 is 8.07 Å². The quantitative estimate of drug-likeness (QED) is 0.560. The van der Waals surface area contributed by atoms with E-state index in [1.807, 2.05) is 13.0 Å². The van der Waals surface area contributed by atoms with Crippen LogP contribution in [-0.4, -0.2) is 13.1 Å². The summed E-state index contributed by atoms with van der Waals surface area (Å²) in [6.07, 6.45) is 0. The van der Waals surface area contributed by atoms with Crippen molar-refractivity contribution in [3.05, 3.63) is 22.2 Å². The minimum absolute atomic E-state index is 0.190. The lowest BCUT2D eigenvalue weighted by atomic mass is 10.4. The van der Waals surface area contributed by atoms with Gasteiger partial charge in [-0.05, 0) is 34.1 Å². The van der Waals surface area contributed by atoms with Gasteiger partial charge in [-0.15, -0.1) is 0 Å². The molecule has 0 aliphatic carbocycles.